The van der Waals surface area contributed by atoms with E-state index in [4.69, 9.17) is 20.4 Å². The molecule has 0 fully saturated rings. The predicted molar refractivity (Wildman–Crippen MR) is 75.3 cm³/mol. The predicted octanol–water partition coefficient (Wildman–Crippen LogP) is 0.470. The molecule has 0 radical (unpaired) electrons. The van der Waals surface area contributed by atoms with E-state index in [1.165, 1.54) is 24.3 Å². The summed E-state index contributed by atoms with van der Waals surface area (Å²) in [6, 6.07) is 5.48. The lowest BCUT2D eigenvalue weighted by atomic mass is 10.1. The zero-order chi connectivity index (χ0) is 17.8. The van der Waals surface area contributed by atoms with Crippen LogP contribution in [-0.4, -0.2) is 57.5 Å². The second-order valence-corrected chi connectivity index (χ2v) is 3.99. The molecule has 0 saturated carbocycles. The first-order valence-electron chi connectivity index (χ1n) is 6.33. The van der Waals surface area contributed by atoms with Gasteiger partial charge in [-0.25, -0.2) is 9.59 Å². The molecule has 4 N–H and O–H groups in total. The van der Waals surface area contributed by atoms with Gasteiger partial charge in [0.25, 0.3) is 0 Å². The van der Waals surface area contributed by atoms with Crippen molar-refractivity contribution in [2.24, 2.45) is 0 Å². The van der Waals surface area contributed by atoms with Gasteiger partial charge in [-0.3, -0.25) is 9.59 Å². The molecular weight excluding hydrogens is 312 g/mol. The Labute approximate surface area is 130 Å². The van der Waals surface area contributed by atoms with Crippen LogP contribution < -0.4 is 0 Å². The number of aliphatic carboxylic acids is 1. The molecule has 23 heavy (non-hydrogen) atoms. The van der Waals surface area contributed by atoms with E-state index in [1.807, 2.05) is 0 Å². The van der Waals surface area contributed by atoms with Gasteiger partial charge in [-0.05, 0) is 12.1 Å². The van der Waals surface area contributed by atoms with Crippen LogP contribution in [-0.2, 0) is 14.3 Å². The maximum Gasteiger partial charge on any atom is 0.336 e. The van der Waals surface area contributed by atoms with Crippen LogP contribution in [0.25, 0.3) is 0 Å². The van der Waals surface area contributed by atoms with E-state index in [9.17, 15) is 19.2 Å². The van der Waals surface area contributed by atoms with Crippen LogP contribution in [0.3, 0.4) is 0 Å². The van der Waals surface area contributed by atoms with Gasteiger partial charge < -0.3 is 25.2 Å². The fraction of sp³-hybridized carbons (Fsp3) is 0.286. The van der Waals surface area contributed by atoms with E-state index in [-0.39, 0.29) is 37.2 Å². The third kappa shape index (κ3) is 8.83. The Bertz CT molecular complexity index is 532. The lowest BCUT2D eigenvalue weighted by molar-refractivity contribution is -0.148. The topological polar surface area (TPSA) is 158 Å². The van der Waals surface area contributed by atoms with Gasteiger partial charge in [0.05, 0.1) is 30.6 Å². The molecular formula is C14H16O9. The third-order valence-corrected chi connectivity index (χ3v) is 2.29. The minimum Gasteiger partial charge on any atom is -0.481 e. The number of carboxylic acid groups (broad SMARTS) is 3. The summed E-state index contributed by atoms with van der Waals surface area (Å²) in [6.07, 6.45) is -0.375. The zero-order valence-electron chi connectivity index (χ0n) is 12.0. The zero-order valence-corrected chi connectivity index (χ0v) is 12.0. The fourth-order valence-electron chi connectivity index (χ4n) is 1.30. The van der Waals surface area contributed by atoms with E-state index in [2.05, 4.69) is 4.74 Å². The molecule has 0 heterocycles. The highest BCUT2D eigenvalue weighted by atomic mass is 16.5. The van der Waals surface area contributed by atoms with Crippen LogP contribution in [0, 0.1) is 0 Å². The third-order valence-electron chi connectivity index (χ3n) is 2.29. The van der Waals surface area contributed by atoms with Gasteiger partial charge in [-0.15, -0.1) is 0 Å². The van der Waals surface area contributed by atoms with Crippen LogP contribution in [0.2, 0.25) is 0 Å². The minimum absolute atomic E-state index is 0.0710. The highest BCUT2D eigenvalue weighted by Gasteiger charge is 2.13. The minimum atomic E-state index is -1.23. The summed E-state index contributed by atoms with van der Waals surface area (Å²) >= 11 is 0. The summed E-state index contributed by atoms with van der Waals surface area (Å²) in [5.41, 5.74) is -0.380. The Kier molecular flexibility index (Phi) is 9.37. The van der Waals surface area contributed by atoms with Crippen molar-refractivity contribution in [2.75, 3.05) is 13.2 Å². The molecule has 1 rings (SSSR count). The van der Waals surface area contributed by atoms with E-state index < -0.39 is 23.9 Å². The SMILES string of the molecule is O=C(O)CCC(=O)OCCO.O=C(O)c1ccccc1C(=O)O. The Hall–Kier alpha value is -2.94. The normalized spacial score (nSPS) is 9.26. The van der Waals surface area contributed by atoms with Crippen LogP contribution in [0.4, 0.5) is 0 Å². The van der Waals surface area contributed by atoms with Crippen LogP contribution in [0.1, 0.15) is 33.6 Å². The van der Waals surface area contributed by atoms with Crippen molar-refractivity contribution in [3.63, 3.8) is 0 Å². The molecule has 0 aliphatic heterocycles. The Morgan fingerprint density at radius 3 is 1.70 bits per heavy atom. The molecule has 1 aromatic rings. The summed E-state index contributed by atoms with van der Waals surface area (Å²) < 4.78 is 4.39. The molecule has 0 atom stereocenters. The van der Waals surface area contributed by atoms with Crippen molar-refractivity contribution in [3.8, 4) is 0 Å². The van der Waals surface area contributed by atoms with E-state index in [0.717, 1.165) is 0 Å². The largest absolute Gasteiger partial charge is 0.481 e. The van der Waals surface area contributed by atoms with Crippen molar-refractivity contribution < 1.29 is 44.3 Å². The van der Waals surface area contributed by atoms with E-state index >= 15 is 0 Å². The van der Waals surface area contributed by atoms with E-state index in [0.29, 0.717) is 0 Å². The number of aliphatic hydroxyl groups is 1. The number of hydrogen-bond donors (Lipinski definition) is 4. The average molecular weight is 328 g/mol. The second-order valence-electron chi connectivity index (χ2n) is 3.99. The van der Waals surface area contributed by atoms with Gasteiger partial charge in [-0.1, -0.05) is 12.1 Å². The maximum atomic E-state index is 10.5. The molecule has 0 unspecified atom stereocenters. The lowest BCUT2D eigenvalue weighted by Gasteiger charge is -1.99. The van der Waals surface area contributed by atoms with Crippen LogP contribution >= 0.6 is 0 Å². The Morgan fingerprint density at radius 2 is 1.35 bits per heavy atom. The number of ether oxygens (including phenoxy) is 1. The summed E-state index contributed by atoms with van der Waals surface area (Å²) in [6.45, 7) is -0.308. The van der Waals surface area contributed by atoms with Crippen LogP contribution in [0.5, 0.6) is 0 Å². The molecule has 9 heteroatoms. The Balaban J connectivity index is 0.000000423. The molecule has 0 aliphatic rings. The molecule has 0 aromatic heterocycles. The maximum absolute atomic E-state index is 10.5. The van der Waals surface area contributed by atoms with Crippen molar-refractivity contribution in [1.29, 1.82) is 0 Å². The number of hydrogen-bond acceptors (Lipinski definition) is 6. The Morgan fingerprint density at radius 1 is 0.870 bits per heavy atom. The van der Waals surface area contributed by atoms with E-state index in [1.54, 1.807) is 0 Å². The van der Waals surface area contributed by atoms with Crippen molar-refractivity contribution >= 4 is 23.9 Å². The molecule has 1 aromatic carbocycles. The van der Waals surface area contributed by atoms with Gasteiger partial charge in [0.1, 0.15) is 6.61 Å². The summed E-state index contributed by atoms with van der Waals surface area (Å²) in [4.78, 5) is 41.4. The van der Waals surface area contributed by atoms with Gasteiger partial charge in [0.15, 0.2) is 0 Å². The molecule has 0 bridgehead atoms. The first kappa shape index (κ1) is 20.1. The molecule has 0 spiro atoms. The lowest BCUT2D eigenvalue weighted by Crippen LogP contribution is -2.10. The number of aromatic carboxylic acids is 2. The molecule has 0 saturated heterocycles. The molecule has 126 valence electrons. The summed E-state index contributed by atoms with van der Waals surface area (Å²) in [5, 5.41) is 33.4. The standard InChI is InChI=1S/C8H6O4.C6H10O5/c9-7(10)5-3-1-2-4-6(5)8(11)12;7-3-4-11-6(10)2-1-5(8)9/h1-4H,(H,9,10)(H,11,12);7H,1-4H2,(H,8,9). The monoisotopic (exact) mass is 328 g/mol. The van der Waals surface area contributed by atoms with Gasteiger partial charge in [-0.2, -0.15) is 0 Å². The van der Waals surface area contributed by atoms with Crippen molar-refractivity contribution in [2.45, 2.75) is 12.8 Å². The van der Waals surface area contributed by atoms with Gasteiger partial charge >= 0.3 is 23.9 Å². The number of rotatable bonds is 7. The highest BCUT2D eigenvalue weighted by Crippen LogP contribution is 2.07. The molecule has 9 nitrogen and oxygen atoms in total. The molecule has 0 aliphatic carbocycles. The smallest absolute Gasteiger partial charge is 0.336 e. The second kappa shape index (κ2) is 10.7. The number of carboxylic acids is 3. The van der Waals surface area contributed by atoms with Gasteiger partial charge in [0.2, 0.25) is 0 Å². The first-order chi connectivity index (χ1) is 10.8. The van der Waals surface area contributed by atoms with Gasteiger partial charge in [0, 0.05) is 0 Å². The quantitative estimate of drug-likeness (QED) is 0.522. The van der Waals surface area contributed by atoms with Crippen molar-refractivity contribution in [1.82, 2.24) is 0 Å². The number of benzene rings is 1. The summed E-state index contributed by atoms with van der Waals surface area (Å²) in [5.74, 6) is -4.09. The number of aliphatic hydroxyl groups excluding tert-OH is 1. The number of esters is 1. The molecule has 0 amide bonds. The van der Waals surface area contributed by atoms with Crippen molar-refractivity contribution in [3.05, 3.63) is 35.4 Å². The highest BCUT2D eigenvalue weighted by molar-refractivity contribution is 6.01. The average Bonchev–Trinajstić information content (AvgIpc) is 2.51. The fourth-order valence-corrected chi connectivity index (χ4v) is 1.30. The first-order valence-corrected chi connectivity index (χ1v) is 6.33. The van der Waals surface area contributed by atoms with Crippen LogP contribution in [0.15, 0.2) is 24.3 Å². The summed E-state index contributed by atoms with van der Waals surface area (Å²) in [7, 11) is 0. The number of carbonyl (C=O) groups is 4. The number of carbonyl (C=O) groups excluding carboxylic acids is 1.